The van der Waals surface area contributed by atoms with Crippen molar-refractivity contribution >= 4 is 40.4 Å². The lowest BCUT2D eigenvalue weighted by Gasteiger charge is -2.21. The number of amides is 2. The lowest BCUT2D eigenvalue weighted by Crippen LogP contribution is -2.48. The van der Waals surface area contributed by atoms with Crippen LogP contribution in [-0.2, 0) is 14.3 Å². The molecule has 3 N–H and O–H groups in total. The molecule has 1 aliphatic carbocycles. The Morgan fingerprint density at radius 1 is 1.22 bits per heavy atom. The largest absolute Gasteiger partial charge is 0.382 e. The van der Waals surface area contributed by atoms with E-state index in [0.717, 1.165) is 29.1 Å². The zero-order valence-corrected chi connectivity index (χ0v) is 22.8. The molecule has 0 spiro atoms. The molecule has 8 nitrogen and oxygen atoms in total. The van der Waals surface area contributed by atoms with Gasteiger partial charge in [0.1, 0.15) is 6.04 Å². The molecule has 0 aromatic carbocycles. The van der Waals surface area contributed by atoms with Crippen molar-refractivity contribution in [1.82, 2.24) is 15.6 Å². The van der Waals surface area contributed by atoms with E-state index in [1.165, 1.54) is 24.2 Å². The van der Waals surface area contributed by atoms with Crippen molar-refractivity contribution < 1.29 is 19.1 Å². The Bertz CT molecular complexity index is 996. The van der Waals surface area contributed by atoms with Crippen molar-refractivity contribution in [3.05, 3.63) is 44.9 Å². The van der Waals surface area contributed by atoms with Crippen molar-refractivity contribution in [2.75, 3.05) is 38.8 Å². The number of hydrogen-bond donors (Lipinski definition) is 3. The Kier molecular flexibility index (Phi) is 11.4. The topological polar surface area (TPSA) is 102 Å². The number of rotatable bonds is 14. The highest BCUT2D eigenvalue weighted by Gasteiger charge is 2.27. The van der Waals surface area contributed by atoms with Gasteiger partial charge < -0.3 is 25.4 Å². The molecular formula is C26H37ClN4O4S. The average Bonchev–Trinajstić information content (AvgIpc) is 3.55. The summed E-state index contributed by atoms with van der Waals surface area (Å²) in [6.45, 7) is 5.74. The first-order valence-electron chi connectivity index (χ1n) is 12.5. The van der Waals surface area contributed by atoms with Gasteiger partial charge >= 0.3 is 0 Å². The Hall–Kier alpha value is -2.20. The molecule has 2 amide bonds. The molecule has 2 atom stereocenters. The van der Waals surface area contributed by atoms with E-state index in [2.05, 4.69) is 20.9 Å². The minimum Gasteiger partial charge on any atom is -0.382 e. The molecule has 36 heavy (non-hydrogen) atoms. The Balaban J connectivity index is 1.58. The molecule has 2 heterocycles. The van der Waals surface area contributed by atoms with Gasteiger partial charge in [0.2, 0.25) is 5.91 Å². The number of nitrogens with one attached hydrogen (secondary N) is 3. The van der Waals surface area contributed by atoms with Gasteiger partial charge in [0.15, 0.2) is 0 Å². The van der Waals surface area contributed by atoms with Gasteiger partial charge in [-0.1, -0.05) is 37.3 Å². The average molecular weight is 537 g/mol. The first-order chi connectivity index (χ1) is 17.4. The maximum absolute atomic E-state index is 13.1. The third kappa shape index (κ3) is 8.73. The van der Waals surface area contributed by atoms with Gasteiger partial charge in [0.25, 0.3) is 5.91 Å². The fourth-order valence-corrected chi connectivity index (χ4v) is 5.39. The predicted molar refractivity (Wildman–Crippen MR) is 144 cm³/mol. The van der Waals surface area contributed by atoms with Crippen LogP contribution in [0.5, 0.6) is 0 Å². The first-order valence-corrected chi connectivity index (χ1v) is 13.7. The van der Waals surface area contributed by atoms with Gasteiger partial charge in [-0.05, 0) is 44.4 Å². The third-order valence-corrected chi connectivity index (χ3v) is 7.82. The molecule has 0 aliphatic heterocycles. The molecule has 1 aliphatic rings. The van der Waals surface area contributed by atoms with Gasteiger partial charge in [-0.2, -0.15) is 0 Å². The van der Waals surface area contributed by atoms with E-state index >= 15 is 0 Å². The maximum atomic E-state index is 13.1. The summed E-state index contributed by atoms with van der Waals surface area (Å²) in [4.78, 5) is 31.9. The lowest BCUT2D eigenvalue weighted by atomic mass is 9.97. The molecule has 2 unspecified atom stereocenters. The fourth-order valence-electron chi connectivity index (χ4n) is 4.32. The third-order valence-electron chi connectivity index (χ3n) is 6.35. The van der Waals surface area contributed by atoms with Gasteiger partial charge in [0, 0.05) is 24.7 Å². The number of hydrogen-bond acceptors (Lipinski definition) is 7. The highest BCUT2D eigenvalue weighted by Crippen LogP contribution is 2.30. The van der Waals surface area contributed by atoms with Crippen LogP contribution in [0.1, 0.15) is 65.3 Å². The van der Waals surface area contributed by atoms with E-state index in [-0.39, 0.29) is 17.9 Å². The Morgan fingerprint density at radius 2 is 2.00 bits per heavy atom. The first kappa shape index (κ1) is 28.4. The second-order valence-corrected chi connectivity index (χ2v) is 10.7. The number of pyridine rings is 1. The van der Waals surface area contributed by atoms with Crippen LogP contribution < -0.4 is 16.0 Å². The summed E-state index contributed by atoms with van der Waals surface area (Å²) in [5, 5.41) is 9.88. The molecule has 2 aromatic heterocycles. The monoisotopic (exact) mass is 536 g/mol. The lowest BCUT2D eigenvalue weighted by molar-refractivity contribution is -0.123. The van der Waals surface area contributed by atoms with Crippen LogP contribution in [0.25, 0.3) is 0 Å². The quantitative estimate of drug-likeness (QED) is 0.302. The maximum Gasteiger partial charge on any atom is 0.262 e. The zero-order valence-electron chi connectivity index (χ0n) is 21.3. The minimum absolute atomic E-state index is 0.0359. The highest BCUT2D eigenvalue weighted by molar-refractivity contribution is 7.14. The molecular weight excluding hydrogens is 500 g/mol. The molecule has 0 bridgehead atoms. The molecule has 198 valence electrons. The number of aromatic nitrogens is 1. The number of methoxy groups -OCH3 is 1. The zero-order chi connectivity index (χ0) is 25.9. The number of nitrogens with zero attached hydrogens (tertiary/aromatic N) is 1. The molecule has 2 aromatic rings. The molecule has 0 saturated heterocycles. The number of ether oxygens (including phenoxy) is 2. The Labute approximate surface area is 222 Å². The Morgan fingerprint density at radius 3 is 2.75 bits per heavy atom. The summed E-state index contributed by atoms with van der Waals surface area (Å²) in [6.07, 6.45) is 6.84. The molecule has 1 fully saturated rings. The number of halogens is 1. The summed E-state index contributed by atoms with van der Waals surface area (Å²) < 4.78 is 10.4. The normalized spacial score (nSPS) is 15.4. The number of thiophene rings is 1. The number of anilines is 1. The van der Waals surface area contributed by atoms with Crippen LogP contribution in [0.3, 0.4) is 0 Å². The van der Waals surface area contributed by atoms with Gasteiger partial charge in [-0.25, -0.2) is 0 Å². The van der Waals surface area contributed by atoms with E-state index < -0.39 is 6.04 Å². The van der Waals surface area contributed by atoms with Crippen molar-refractivity contribution in [2.24, 2.45) is 5.92 Å². The number of carbonyl (C=O) groups is 2. The second kappa shape index (κ2) is 14.5. The van der Waals surface area contributed by atoms with Gasteiger partial charge in [0.05, 0.1) is 47.1 Å². The van der Waals surface area contributed by atoms with Gasteiger partial charge in [-0.15, -0.1) is 11.3 Å². The van der Waals surface area contributed by atoms with E-state index in [1.807, 2.05) is 32.0 Å². The standard InChI is InChI=1S/C26H37ClN4O4S/c1-17-21(15-20(27)16-29-17)30-18(2)23-8-9-24(36-23)26(33)31-22(14-19-6-4-5-7-19)25(32)28-10-11-35-13-12-34-3/h8-9,15-16,18-19,22,30H,4-7,10-14H2,1-3H3,(H,28,32)(H,31,33). The van der Waals surface area contributed by atoms with Crippen molar-refractivity contribution in [3.8, 4) is 0 Å². The number of aryl methyl sites for hydroxylation is 1. The van der Waals surface area contributed by atoms with Gasteiger partial charge in [-0.3, -0.25) is 14.6 Å². The molecule has 3 rings (SSSR count). The summed E-state index contributed by atoms with van der Waals surface area (Å²) in [7, 11) is 1.62. The van der Waals surface area contributed by atoms with Crippen LogP contribution in [0.15, 0.2) is 24.4 Å². The minimum atomic E-state index is -0.569. The van der Waals surface area contributed by atoms with E-state index in [9.17, 15) is 9.59 Å². The predicted octanol–water partition coefficient (Wildman–Crippen LogP) is 4.74. The molecule has 1 saturated carbocycles. The van der Waals surface area contributed by atoms with E-state index in [0.29, 0.717) is 48.6 Å². The van der Waals surface area contributed by atoms with Crippen molar-refractivity contribution in [1.29, 1.82) is 0 Å². The summed E-state index contributed by atoms with van der Waals surface area (Å²) >= 11 is 7.50. The van der Waals surface area contributed by atoms with Crippen LogP contribution in [-0.4, -0.2) is 56.3 Å². The van der Waals surface area contributed by atoms with Crippen LogP contribution in [0.2, 0.25) is 5.02 Å². The number of carbonyl (C=O) groups excluding carboxylic acids is 2. The SMILES string of the molecule is COCCOCCNC(=O)C(CC1CCCC1)NC(=O)c1ccc(C(C)Nc2cc(Cl)cnc2C)s1. The highest BCUT2D eigenvalue weighted by atomic mass is 35.5. The fraction of sp³-hybridized carbons (Fsp3) is 0.577. The smallest absolute Gasteiger partial charge is 0.262 e. The van der Waals surface area contributed by atoms with E-state index in [1.54, 1.807) is 13.3 Å². The van der Waals surface area contributed by atoms with Crippen molar-refractivity contribution in [2.45, 2.75) is 58.0 Å². The summed E-state index contributed by atoms with van der Waals surface area (Å²) in [5.74, 6) is 0.0616. The van der Waals surface area contributed by atoms with Crippen molar-refractivity contribution in [3.63, 3.8) is 0 Å². The van der Waals surface area contributed by atoms with Crippen LogP contribution in [0.4, 0.5) is 5.69 Å². The molecule has 10 heteroatoms. The van der Waals surface area contributed by atoms with Crippen LogP contribution in [0, 0.1) is 12.8 Å². The summed E-state index contributed by atoms with van der Waals surface area (Å²) in [5.41, 5.74) is 1.71. The van der Waals surface area contributed by atoms with E-state index in [4.69, 9.17) is 21.1 Å². The summed E-state index contributed by atoms with van der Waals surface area (Å²) in [6, 6.07) is 4.99. The second-order valence-electron chi connectivity index (χ2n) is 9.16. The molecule has 0 radical (unpaired) electrons. The van der Waals surface area contributed by atoms with Crippen LogP contribution >= 0.6 is 22.9 Å².